The van der Waals surface area contributed by atoms with Crippen LogP contribution in [-0.2, 0) is 0 Å². The summed E-state index contributed by atoms with van der Waals surface area (Å²) >= 11 is 6.21. The molecule has 5 N–H and O–H groups in total. The summed E-state index contributed by atoms with van der Waals surface area (Å²) in [7, 11) is 0. The van der Waals surface area contributed by atoms with Crippen molar-refractivity contribution in [2.45, 2.75) is 46.6 Å². The second-order valence-electron chi connectivity index (χ2n) is 7.04. The van der Waals surface area contributed by atoms with Crippen LogP contribution in [-0.4, -0.2) is 11.4 Å². The molecule has 0 spiro atoms. The second-order valence-corrected chi connectivity index (χ2v) is 7.44. The number of amides is 1. The number of hydrogen-bond donors (Lipinski definition) is 3. The maximum absolute atomic E-state index is 11.6. The standard InChI is InChI=1S/C15H24ClN3O/c1-14(2,3)8-15(4,5)19-12-10(13(18)20)6-9(17)7-11(12)16/h6-7,19H,8,17H2,1-5H3,(H2,18,20). The van der Waals surface area contributed by atoms with Gasteiger partial charge in [-0.3, -0.25) is 4.79 Å². The van der Waals surface area contributed by atoms with E-state index >= 15 is 0 Å². The minimum absolute atomic E-state index is 0.143. The lowest BCUT2D eigenvalue weighted by molar-refractivity contribution is 0.100. The van der Waals surface area contributed by atoms with Crippen LogP contribution in [0.1, 0.15) is 51.4 Å². The number of nitrogens with one attached hydrogen (secondary N) is 1. The first-order valence-corrected chi connectivity index (χ1v) is 6.96. The summed E-state index contributed by atoms with van der Waals surface area (Å²) in [6, 6.07) is 3.16. The Morgan fingerprint density at radius 1 is 1.25 bits per heavy atom. The molecule has 20 heavy (non-hydrogen) atoms. The van der Waals surface area contributed by atoms with Crippen LogP contribution >= 0.6 is 11.6 Å². The number of nitrogen functional groups attached to an aromatic ring is 1. The molecule has 0 aliphatic carbocycles. The van der Waals surface area contributed by atoms with E-state index in [1.165, 1.54) is 0 Å². The molecule has 0 heterocycles. The molecule has 0 unspecified atom stereocenters. The third-order valence-corrected chi connectivity index (χ3v) is 3.11. The third kappa shape index (κ3) is 4.60. The average molecular weight is 298 g/mol. The number of nitrogens with two attached hydrogens (primary N) is 2. The number of primary amides is 1. The minimum atomic E-state index is -0.548. The Bertz CT molecular complexity index is 519. The third-order valence-electron chi connectivity index (χ3n) is 2.81. The molecule has 0 bridgehead atoms. The van der Waals surface area contributed by atoms with Crippen molar-refractivity contribution in [1.82, 2.24) is 0 Å². The summed E-state index contributed by atoms with van der Waals surface area (Å²) in [5.41, 5.74) is 12.3. The van der Waals surface area contributed by atoms with Crippen molar-refractivity contribution < 1.29 is 4.79 Å². The van der Waals surface area contributed by atoms with Gasteiger partial charge < -0.3 is 16.8 Å². The Hall–Kier alpha value is -1.42. The first-order chi connectivity index (χ1) is 8.91. The van der Waals surface area contributed by atoms with Crippen LogP contribution in [0.25, 0.3) is 0 Å². The number of carbonyl (C=O) groups is 1. The van der Waals surface area contributed by atoms with Crippen molar-refractivity contribution >= 4 is 28.9 Å². The zero-order valence-corrected chi connectivity index (χ0v) is 13.6. The zero-order chi connectivity index (χ0) is 15.7. The number of halogens is 1. The molecule has 0 aliphatic heterocycles. The maximum Gasteiger partial charge on any atom is 0.250 e. The molecule has 4 nitrogen and oxygen atoms in total. The highest BCUT2D eigenvalue weighted by molar-refractivity contribution is 6.34. The molecule has 0 radical (unpaired) electrons. The highest BCUT2D eigenvalue weighted by Gasteiger charge is 2.27. The van der Waals surface area contributed by atoms with Gasteiger partial charge in [0, 0.05) is 11.2 Å². The second kappa shape index (κ2) is 5.52. The summed E-state index contributed by atoms with van der Waals surface area (Å²) in [6.07, 6.45) is 0.902. The van der Waals surface area contributed by atoms with Crippen LogP contribution in [0.2, 0.25) is 5.02 Å². The van der Waals surface area contributed by atoms with Crippen molar-refractivity contribution in [2.75, 3.05) is 11.1 Å². The summed E-state index contributed by atoms with van der Waals surface area (Å²) in [4.78, 5) is 11.6. The van der Waals surface area contributed by atoms with Gasteiger partial charge in [0.15, 0.2) is 0 Å². The molecule has 112 valence electrons. The van der Waals surface area contributed by atoms with Crippen LogP contribution in [0.5, 0.6) is 0 Å². The van der Waals surface area contributed by atoms with E-state index in [4.69, 9.17) is 23.1 Å². The first-order valence-electron chi connectivity index (χ1n) is 6.58. The maximum atomic E-state index is 11.6. The van der Waals surface area contributed by atoms with E-state index in [0.717, 1.165) is 6.42 Å². The molecule has 5 heteroatoms. The van der Waals surface area contributed by atoms with E-state index in [1.54, 1.807) is 12.1 Å². The van der Waals surface area contributed by atoms with Gasteiger partial charge in [-0.15, -0.1) is 0 Å². The van der Waals surface area contributed by atoms with Gasteiger partial charge in [0.25, 0.3) is 5.91 Å². The van der Waals surface area contributed by atoms with Crippen LogP contribution in [0.4, 0.5) is 11.4 Å². The van der Waals surface area contributed by atoms with Crippen LogP contribution in [0.15, 0.2) is 12.1 Å². The van der Waals surface area contributed by atoms with Gasteiger partial charge in [0.2, 0.25) is 0 Å². The molecule has 0 aromatic heterocycles. The molecule has 0 saturated carbocycles. The van der Waals surface area contributed by atoms with Gasteiger partial charge >= 0.3 is 0 Å². The van der Waals surface area contributed by atoms with Gasteiger partial charge in [0.05, 0.1) is 16.3 Å². The fourth-order valence-electron chi connectivity index (χ4n) is 2.66. The van der Waals surface area contributed by atoms with Crippen molar-refractivity contribution in [3.8, 4) is 0 Å². The fourth-order valence-corrected chi connectivity index (χ4v) is 2.93. The van der Waals surface area contributed by atoms with Crippen molar-refractivity contribution in [3.63, 3.8) is 0 Å². The van der Waals surface area contributed by atoms with Gasteiger partial charge in [-0.1, -0.05) is 32.4 Å². The van der Waals surface area contributed by atoms with Crippen molar-refractivity contribution in [2.24, 2.45) is 11.1 Å². The molecule has 0 aliphatic rings. The largest absolute Gasteiger partial charge is 0.399 e. The number of rotatable bonds is 4. The smallest absolute Gasteiger partial charge is 0.250 e. The lowest BCUT2D eigenvalue weighted by Crippen LogP contribution is -2.36. The molecule has 1 rings (SSSR count). The van der Waals surface area contributed by atoms with E-state index in [1.807, 2.05) is 0 Å². The predicted molar refractivity (Wildman–Crippen MR) is 86.2 cm³/mol. The highest BCUT2D eigenvalue weighted by atomic mass is 35.5. The predicted octanol–water partition coefficient (Wildman–Crippen LogP) is 3.65. The molecule has 1 aromatic carbocycles. The summed E-state index contributed by atoms with van der Waals surface area (Å²) in [6.45, 7) is 10.6. The van der Waals surface area contributed by atoms with E-state index in [-0.39, 0.29) is 11.0 Å². The zero-order valence-electron chi connectivity index (χ0n) is 12.8. The molecule has 0 saturated heterocycles. The number of carbonyl (C=O) groups excluding carboxylic acids is 1. The van der Waals surface area contributed by atoms with E-state index in [2.05, 4.69) is 39.9 Å². The van der Waals surface area contributed by atoms with E-state index in [9.17, 15) is 4.79 Å². The Kier molecular flexibility index (Phi) is 4.59. The lowest BCUT2D eigenvalue weighted by atomic mass is 9.81. The Morgan fingerprint density at radius 3 is 2.25 bits per heavy atom. The molecule has 1 amide bonds. The normalized spacial score (nSPS) is 12.3. The molecular weight excluding hydrogens is 274 g/mol. The quantitative estimate of drug-likeness (QED) is 0.742. The van der Waals surface area contributed by atoms with Gasteiger partial charge in [0.1, 0.15) is 0 Å². The number of hydrogen-bond acceptors (Lipinski definition) is 3. The molecule has 1 aromatic rings. The summed E-state index contributed by atoms with van der Waals surface area (Å²) < 4.78 is 0. The van der Waals surface area contributed by atoms with Crippen LogP contribution in [0.3, 0.4) is 0 Å². The topological polar surface area (TPSA) is 81.1 Å². The first kappa shape index (κ1) is 16.6. The number of anilines is 2. The Labute approximate surface area is 125 Å². The van der Waals surface area contributed by atoms with Gasteiger partial charge in [-0.05, 0) is 37.8 Å². The van der Waals surface area contributed by atoms with E-state index in [0.29, 0.717) is 22.0 Å². The van der Waals surface area contributed by atoms with E-state index < -0.39 is 5.91 Å². The molecule has 0 fully saturated rings. The molecular formula is C15H24ClN3O. The van der Waals surface area contributed by atoms with Gasteiger partial charge in [-0.2, -0.15) is 0 Å². The highest BCUT2D eigenvalue weighted by Crippen LogP contribution is 2.35. The van der Waals surface area contributed by atoms with Crippen molar-refractivity contribution in [1.29, 1.82) is 0 Å². The Morgan fingerprint density at radius 2 is 1.80 bits per heavy atom. The average Bonchev–Trinajstić information content (AvgIpc) is 2.17. The summed E-state index contributed by atoms with van der Waals surface area (Å²) in [5.74, 6) is -0.548. The van der Waals surface area contributed by atoms with Crippen LogP contribution in [0, 0.1) is 5.41 Å². The SMILES string of the molecule is CC(C)(C)CC(C)(C)Nc1c(Cl)cc(N)cc1C(N)=O. The summed E-state index contributed by atoms with van der Waals surface area (Å²) in [5, 5.41) is 3.74. The number of benzene rings is 1. The Balaban J connectivity index is 3.17. The fraction of sp³-hybridized carbons (Fsp3) is 0.533. The minimum Gasteiger partial charge on any atom is -0.399 e. The molecule has 0 atom stereocenters. The van der Waals surface area contributed by atoms with Crippen molar-refractivity contribution in [3.05, 3.63) is 22.7 Å². The monoisotopic (exact) mass is 297 g/mol. The van der Waals surface area contributed by atoms with Gasteiger partial charge in [-0.25, -0.2) is 0 Å². The van der Waals surface area contributed by atoms with Crippen LogP contribution < -0.4 is 16.8 Å². The lowest BCUT2D eigenvalue weighted by Gasteiger charge is -2.35.